The highest BCUT2D eigenvalue weighted by atomic mass is 32.2. The van der Waals surface area contributed by atoms with Gasteiger partial charge in [0.2, 0.25) is 17.7 Å². The van der Waals surface area contributed by atoms with Gasteiger partial charge in [0.25, 0.3) is 0 Å². The fourth-order valence-electron chi connectivity index (χ4n) is 2.79. The lowest BCUT2D eigenvalue weighted by molar-refractivity contribution is -0.274. The Labute approximate surface area is 179 Å². The van der Waals surface area contributed by atoms with Crippen molar-refractivity contribution in [2.45, 2.75) is 22.9 Å². The first-order valence-electron chi connectivity index (χ1n) is 9.07. The smallest absolute Gasteiger partial charge is 0.406 e. The number of anilines is 2. The summed E-state index contributed by atoms with van der Waals surface area (Å²) in [7, 11) is 1.43. The van der Waals surface area contributed by atoms with E-state index in [0.29, 0.717) is 5.69 Å². The monoisotopic (exact) mass is 453 g/mol. The fraction of sp³-hybridized carbons (Fsp3) is 0.250. The molecule has 0 saturated heterocycles. The fourth-order valence-corrected chi connectivity index (χ4v) is 3.89. The van der Waals surface area contributed by atoms with Gasteiger partial charge in [-0.25, -0.2) is 0 Å². The number of hydrogen-bond acceptors (Lipinski definition) is 5. The summed E-state index contributed by atoms with van der Waals surface area (Å²) in [5, 5.41) is 4.63. The number of alkyl halides is 3. The Morgan fingerprint density at radius 3 is 2.52 bits per heavy atom. The van der Waals surface area contributed by atoms with E-state index in [4.69, 9.17) is 0 Å². The Hall–Kier alpha value is -3.21. The molecule has 1 heterocycles. The molecule has 0 fully saturated rings. The zero-order valence-electron chi connectivity index (χ0n) is 16.2. The maximum absolute atomic E-state index is 12.5. The number of thioether (sulfide) groups is 1. The minimum atomic E-state index is -4.80. The van der Waals surface area contributed by atoms with Gasteiger partial charge in [-0.1, -0.05) is 12.1 Å². The number of rotatable bonds is 6. The minimum absolute atomic E-state index is 0.0852. The normalized spacial score (nSPS) is 15.5. The van der Waals surface area contributed by atoms with Crippen molar-refractivity contribution in [1.29, 1.82) is 0 Å². The largest absolute Gasteiger partial charge is 0.573 e. The van der Waals surface area contributed by atoms with Crippen molar-refractivity contribution in [3.05, 3.63) is 48.5 Å². The van der Waals surface area contributed by atoms with Gasteiger partial charge < -0.3 is 20.3 Å². The second-order valence-electron chi connectivity index (χ2n) is 6.67. The summed E-state index contributed by atoms with van der Waals surface area (Å²) in [6, 6.07) is 11.9. The van der Waals surface area contributed by atoms with Crippen LogP contribution in [-0.2, 0) is 14.4 Å². The van der Waals surface area contributed by atoms with Crippen LogP contribution in [0.25, 0.3) is 0 Å². The van der Waals surface area contributed by atoms with Crippen molar-refractivity contribution in [2.24, 2.45) is 0 Å². The number of nitrogens with one attached hydrogen (secondary N) is 2. The van der Waals surface area contributed by atoms with Crippen LogP contribution < -0.4 is 15.4 Å². The number of fused-ring (bicyclic) bond motifs is 1. The summed E-state index contributed by atoms with van der Waals surface area (Å²) in [6.07, 6.45) is -4.89. The van der Waals surface area contributed by atoms with Gasteiger partial charge in [0.15, 0.2) is 0 Å². The van der Waals surface area contributed by atoms with Crippen LogP contribution in [0.1, 0.15) is 6.42 Å². The molecule has 2 aromatic carbocycles. The lowest BCUT2D eigenvalue weighted by Crippen LogP contribution is -2.39. The Balaban J connectivity index is 1.50. The molecule has 1 atom stereocenters. The molecule has 11 heteroatoms. The molecule has 3 rings (SSSR count). The number of amides is 3. The molecule has 2 N–H and O–H groups in total. The molecule has 0 saturated carbocycles. The molecule has 0 bridgehead atoms. The van der Waals surface area contributed by atoms with Gasteiger partial charge in [-0.15, -0.1) is 24.9 Å². The third-order valence-electron chi connectivity index (χ3n) is 4.24. The van der Waals surface area contributed by atoms with Crippen LogP contribution in [-0.4, -0.2) is 47.8 Å². The SMILES string of the molecule is CN(CC(=O)Nc1ccc(OC(F)(F)F)cc1)C(=O)C[C@H]1Sc2ccccc2NC1=O. The van der Waals surface area contributed by atoms with Gasteiger partial charge in [0.1, 0.15) is 5.75 Å². The Morgan fingerprint density at radius 2 is 1.84 bits per heavy atom. The van der Waals surface area contributed by atoms with Crippen LogP contribution >= 0.6 is 11.8 Å². The third kappa shape index (κ3) is 6.38. The van der Waals surface area contributed by atoms with E-state index in [0.717, 1.165) is 17.0 Å². The molecular formula is C20H18F3N3O4S. The van der Waals surface area contributed by atoms with E-state index in [1.165, 1.54) is 35.8 Å². The first kappa shape index (κ1) is 22.5. The molecule has 1 aliphatic heterocycles. The molecule has 0 aliphatic carbocycles. The molecule has 0 unspecified atom stereocenters. The van der Waals surface area contributed by atoms with Gasteiger partial charge in [0.05, 0.1) is 17.5 Å². The van der Waals surface area contributed by atoms with E-state index in [9.17, 15) is 27.6 Å². The number of hydrogen-bond donors (Lipinski definition) is 2. The highest BCUT2D eigenvalue weighted by Gasteiger charge is 2.31. The van der Waals surface area contributed by atoms with Crippen LogP contribution in [0.2, 0.25) is 0 Å². The molecule has 3 amide bonds. The average Bonchev–Trinajstić information content (AvgIpc) is 2.68. The molecular weight excluding hydrogens is 435 g/mol. The summed E-state index contributed by atoms with van der Waals surface area (Å²) < 4.78 is 40.3. The lowest BCUT2D eigenvalue weighted by Gasteiger charge is -2.25. The Morgan fingerprint density at radius 1 is 1.16 bits per heavy atom. The number of halogens is 3. The standard InChI is InChI=1S/C20H18F3N3O4S/c1-26(11-17(27)24-12-6-8-13(9-7-12)30-20(21,22)23)18(28)10-16-19(29)25-14-4-2-3-5-15(14)31-16/h2-9,16H,10-11H2,1H3,(H,24,27)(H,25,29)/t16-/m1/s1. The molecule has 7 nitrogen and oxygen atoms in total. The topological polar surface area (TPSA) is 87.7 Å². The predicted molar refractivity (Wildman–Crippen MR) is 109 cm³/mol. The third-order valence-corrected chi connectivity index (χ3v) is 5.52. The van der Waals surface area contributed by atoms with Crippen molar-refractivity contribution in [3.8, 4) is 5.75 Å². The zero-order chi connectivity index (χ0) is 22.6. The second-order valence-corrected chi connectivity index (χ2v) is 7.91. The van der Waals surface area contributed by atoms with E-state index in [-0.39, 0.29) is 24.6 Å². The summed E-state index contributed by atoms with van der Waals surface area (Å²) in [5.41, 5.74) is 0.944. The number of carbonyl (C=O) groups excluding carboxylic acids is 3. The Bertz CT molecular complexity index is 982. The van der Waals surface area contributed by atoms with E-state index in [1.54, 1.807) is 12.1 Å². The van der Waals surface area contributed by atoms with Crippen LogP contribution in [0.5, 0.6) is 5.75 Å². The summed E-state index contributed by atoms with van der Waals surface area (Å²) in [4.78, 5) is 38.9. The first-order chi connectivity index (χ1) is 14.6. The quantitative estimate of drug-likeness (QED) is 0.699. The van der Waals surface area contributed by atoms with E-state index >= 15 is 0 Å². The number of likely N-dealkylation sites (N-methyl/N-ethyl adjacent to an activating group) is 1. The summed E-state index contributed by atoms with van der Waals surface area (Å²) in [5.74, 6) is -1.62. The average molecular weight is 453 g/mol. The molecule has 31 heavy (non-hydrogen) atoms. The highest BCUT2D eigenvalue weighted by molar-refractivity contribution is 8.01. The summed E-state index contributed by atoms with van der Waals surface area (Å²) in [6.45, 7) is -0.283. The van der Waals surface area contributed by atoms with E-state index in [1.807, 2.05) is 12.1 Å². The van der Waals surface area contributed by atoms with Crippen LogP contribution in [0.15, 0.2) is 53.4 Å². The second kappa shape index (κ2) is 9.29. The molecule has 0 spiro atoms. The maximum Gasteiger partial charge on any atom is 0.573 e. The minimum Gasteiger partial charge on any atom is -0.406 e. The zero-order valence-corrected chi connectivity index (χ0v) is 17.0. The number of ether oxygens (including phenoxy) is 1. The number of para-hydroxylation sites is 1. The molecule has 0 aromatic heterocycles. The number of nitrogens with zero attached hydrogens (tertiary/aromatic N) is 1. The van der Waals surface area contributed by atoms with Gasteiger partial charge in [-0.05, 0) is 36.4 Å². The van der Waals surface area contributed by atoms with Crippen molar-refractivity contribution in [1.82, 2.24) is 4.90 Å². The molecule has 0 radical (unpaired) electrons. The maximum atomic E-state index is 12.5. The molecule has 1 aliphatic rings. The van der Waals surface area contributed by atoms with Gasteiger partial charge in [0, 0.05) is 24.1 Å². The molecule has 2 aromatic rings. The van der Waals surface area contributed by atoms with E-state index < -0.39 is 29.2 Å². The first-order valence-corrected chi connectivity index (χ1v) is 9.95. The van der Waals surface area contributed by atoms with Crippen molar-refractivity contribution < 1.29 is 32.3 Å². The van der Waals surface area contributed by atoms with Gasteiger partial charge in [-0.3, -0.25) is 14.4 Å². The predicted octanol–water partition coefficient (Wildman–Crippen LogP) is 3.49. The van der Waals surface area contributed by atoms with Crippen LogP contribution in [0.4, 0.5) is 24.5 Å². The number of benzene rings is 2. The Kier molecular flexibility index (Phi) is 6.74. The van der Waals surface area contributed by atoms with Crippen LogP contribution in [0.3, 0.4) is 0 Å². The van der Waals surface area contributed by atoms with Crippen molar-refractivity contribution in [2.75, 3.05) is 24.2 Å². The van der Waals surface area contributed by atoms with E-state index in [2.05, 4.69) is 15.4 Å². The van der Waals surface area contributed by atoms with Crippen LogP contribution in [0, 0.1) is 0 Å². The van der Waals surface area contributed by atoms with Crippen molar-refractivity contribution in [3.63, 3.8) is 0 Å². The summed E-state index contributed by atoms with van der Waals surface area (Å²) >= 11 is 1.29. The van der Waals surface area contributed by atoms with Crippen molar-refractivity contribution >= 4 is 40.9 Å². The molecule has 164 valence electrons. The van der Waals surface area contributed by atoms with Gasteiger partial charge >= 0.3 is 6.36 Å². The van der Waals surface area contributed by atoms with Gasteiger partial charge in [-0.2, -0.15) is 0 Å². The highest BCUT2D eigenvalue weighted by Crippen LogP contribution is 2.36. The number of carbonyl (C=O) groups is 3. The lowest BCUT2D eigenvalue weighted by atomic mass is 10.2.